The fraction of sp³-hybridized carbons (Fsp3) is 0.571. The Bertz CT molecular complexity index is 462. The Balaban J connectivity index is 2.15. The zero-order chi connectivity index (χ0) is 13.8. The monoisotopic (exact) mass is 263 g/mol. The number of rotatable bonds is 5. The fourth-order valence-electron chi connectivity index (χ4n) is 2.84. The van der Waals surface area contributed by atoms with Crippen LogP contribution in [0, 0.1) is 10.1 Å². The summed E-state index contributed by atoms with van der Waals surface area (Å²) in [5.74, 6) is 0. The van der Waals surface area contributed by atoms with Gasteiger partial charge in [-0.05, 0) is 37.4 Å². The molecule has 2 rings (SSSR count). The molecule has 1 atom stereocenters. The summed E-state index contributed by atoms with van der Waals surface area (Å²) >= 11 is 0. The van der Waals surface area contributed by atoms with Gasteiger partial charge in [0.05, 0.1) is 4.92 Å². The molecule has 0 aromatic heterocycles. The van der Waals surface area contributed by atoms with E-state index < -0.39 is 0 Å². The van der Waals surface area contributed by atoms with Gasteiger partial charge in [0.15, 0.2) is 0 Å². The average molecular weight is 263 g/mol. The Morgan fingerprint density at radius 2 is 2.32 bits per heavy atom. The minimum atomic E-state index is -0.347. The van der Waals surface area contributed by atoms with E-state index in [1.165, 1.54) is 19.3 Å². The molecule has 1 aromatic carbocycles. The van der Waals surface area contributed by atoms with E-state index in [4.69, 9.17) is 0 Å². The van der Waals surface area contributed by atoms with E-state index in [0.717, 1.165) is 18.7 Å². The van der Waals surface area contributed by atoms with Crippen LogP contribution in [0.5, 0.6) is 0 Å². The summed E-state index contributed by atoms with van der Waals surface area (Å²) in [6.07, 6.45) is 3.69. The fourth-order valence-corrected chi connectivity index (χ4v) is 2.84. The first-order valence-electron chi connectivity index (χ1n) is 6.84. The molecule has 0 saturated carbocycles. The molecule has 0 bridgehead atoms. The predicted octanol–water partition coefficient (Wildman–Crippen LogP) is 3.01. The predicted molar refractivity (Wildman–Crippen MR) is 76.4 cm³/mol. The van der Waals surface area contributed by atoms with Crippen molar-refractivity contribution in [3.8, 4) is 0 Å². The van der Waals surface area contributed by atoms with Crippen LogP contribution < -0.4 is 5.32 Å². The quantitative estimate of drug-likeness (QED) is 0.655. The van der Waals surface area contributed by atoms with Gasteiger partial charge in [0.1, 0.15) is 5.69 Å². The molecule has 104 valence electrons. The van der Waals surface area contributed by atoms with E-state index in [0.29, 0.717) is 11.7 Å². The van der Waals surface area contributed by atoms with Crippen molar-refractivity contribution in [1.29, 1.82) is 0 Å². The molecule has 5 heteroatoms. The molecule has 1 N–H and O–H groups in total. The van der Waals surface area contributed by atoms with Crippen molar-refractivity contribution >= 4 is 11.4 Å². The number of benzene rings is 1. The lowest BCUT2D eigenvalue weighted by Gasteiger charge is -2.23. The number of nitro groups is 1. The molecule has 1 heterocycles. The molecule has 19 heavy (non-hydrogen) atoms. The first-order chi connectivity index (χ1) is 9.15. The molecule has 1 aromatic rings. The Hall–Kier alpha value is -1.62. The van der Waals surface area contributed by atoms with E-state index in [9.17, 15) is 10.1 Å². The molecule has 1 saturated heterocycles. The number of nitrogens with zero attached hydrogens (tertiary/aromatic N) is 2. The van der Waals surface area contributed by atoms with Gasteiger partial charge in [-0.1, -0.05) is 13.0 Å². The van der Waals surface area contributed by atoms with Crippen LogP contribution >= 0.6 is 0 Å². The Kier molecular flexibility index (Phi) is 4.37. The summed E-state index contributed by atoms with van der Waals surface area (Å²) in [5, 5.41) is 13.8. The van der Waals surface area contributed by atoms with Gasteiger partial charge in [-0.25, -0.2) is 0 Å². The molecule has 1 aliphatic rings. The first-order valence-corrected chi connectivity index (χ1v) is 6.84. The first kappa shape index (κ1) is 13.8. The van der Waals surface area contributed by atoms with Crippen LogP contribution in [-0.2, 0) is 6.54 Å². The molecule has 0 amide bonds. The van der Waals surface area contributed by atoms with Crippen molar-refractivity contribution in [1.82, 2.24) is 4.90 Å². The minimum absolute atomic E-state index is 0.139. The number of hydrogen-bond acceptors (Lipinski definition) is 4. The summed E-state index contributed by atoms with van der Waals surface area (Å²) in [7, 11) is 1.72. The van der Waals surface area contributed by atoms with Gasteiger partial charge in [0.25, 0.3) is 5.69 Å². The lowest BCUT2D eigenvalue weighted by Crippen LogP contribution is -2.28. The van der Waals surface area contributed by atoms with Crippen LogP contribution in [0.25, 0.3) is 0 Å². The Morgan fingerprint density at radius 3 is 2.95 bits per heavy atom. The highest BCUT2D eigenvalue weighted by Gasteiger charge is 2.23. The third-order valence-corrected chi connectivity index (χ3v) is 3.88. The molecule has 5 nitrogen and oxygen atoms in total. The van der Waals surface area contributed by atoms with Gasteiger partial charge in [-0.3, -0.25) is 15.0 Å². The van der Waals surface area contributed by atoms with Gasteiger partial charge in [-0.2, -0.15) is 0 Å². The van der Waals surface area contributed by atoms with Crippen molar-refractivity contribution < 1.29 is 4.92 Å². The normalized spacial score (nSPS) is 19.6. The van der Waals surface area contributed by atoms with E-state index in [-0.39, 0.29) is 10.6 Å². The number of nitro benzene ring substituents is 1. The smallest absolute Gasteiger partial charge is 0.292 e. The van der Waals surface area contributed by atoms with Crippen LogP contribution in [0.4, 0.5) is 11.4 Å². The Labute approximate surface area is 113 Å². The number of hydrogen-bond donors (Lipinski definition) is 1. The highest BCUT2D eigenvalue weighted by molar-refractivity contribution is 5.62. The van der Waals surface area contributed by atoms with Gasteiger partial charge in [-0.15, -0.1) is 0 Å². The summed E-state index contributed by atoms with van der Waals surface area (Å²) in [4.78, 5) is 13.0. The number of likely N-dealkylation sites (tertiary alicyclic amines) is 1. The van der Waals surface area contributed by atoms with Crippen LogP contribution in [0.15, 0.2) is 18.2 Å². The van der Waals surface area contributed by atoms with E-state index in [1.54, 1.807) is 13.1 Å². The second-order valence-electron chi connectivity index (χ2n) is 5.03. The van der Waals surface area contributed by atoms with Crippen molar-refractivity contribution in [2.75, 3.05) is 18.9 Å². The molecule has 1 aliphatic heterocycles. The van der Waals surface area contributed by atoms with Crippen LogP contribution in [-0.4, -0.2) is 29.5 Å². The van der Waals surface area contributed by atoms with Crippen molar-refractivity contribution in [2.45, 2.75) is 38.8 Å². The number of anilines is 1. The maximum atomic E-state index is 10.9. The van der Waals surface area contributed by atoms with Crippen molar-refractivity contribution in [3.63, 3.8) is 0 Å². The second kappa shape index (κ2) is 6.02. The second-order valence-corrected chi connectivity index (χ2v) is 5.03. The maximum Gasteiger partial charge on any atom is 0.292 e. The summed E-state index contributed by atoms with van der Waals surface area (Å²) in [6, 6.07) is 6.01. The molecule has 1 unspecified atom stereocenters. The maximum absolute atomic E-state index is 10.9. The minimum Gasteiger partial charge on any atom is -0.383 e. The van der Waals surface area contributed by atoms with Crippen molar-refractivity contribution in [2.24, 2.45) is 0 Å². The lowest BCUT2D eigenvalue weighted by molar-refractivity contribution is -0.384. The third kappa shape index (κ3) is 3.04. The van der Waals surface area contributed by atoms with E-state index >= 15 is 0 Å². The summed E-state index contributed by atoms with van der Waals surface area (Å²) in [6.45, 7) is 4.23. The molecule has 0 radical (unpaired) electrons. The van der Waals surface area contributed by atoms with Gasteiger partial charge in [0, 0.05) is 25.7 Å². The number of nitrogens with one attached hydrogen (secondary N) is 1. The highest BCUT2D eigenvalue weighted by atomic mass is 16.6. The van der Waals surface area contributed by atoms with Gasteiger partial charge in [0.2, 0.25) is 0 Å². The standard InChI is InChI=1S/C14H21N3O2/c1-3-12-5-4-8-16(12)10-11-6-7-14(17(18)19)13(9-11)15-2/h6-7,9,12,15H,3-5,8,10H2,1-2H3. The average Bonchev–Trinajstić information content (AvgIpc) is 2.85. The van der Waals surface area contributed by atoms with Crippen LogP contribution in [0.3, 0.4) is 0 Å². The van der Waals surface area contributed by atoms with E-state index in [2.05, 4.69) is 17.1 Å². The van der Waals surface area contributed by atoms with Crippen LogP contribution in [0.2, 0.25) is 0 Å². The van der Waals surface area contributed by atoms with Gasteiger partial charge >= 0.3 is 0 Å². The Morgan fingerprint density at radius 1 is 1.53 bits per heavy atom. The summed E-state index contributed by atoms with van der Waals surface area (Å²) < 4.78 is 0. The molecule has 0 aliphatic carbocycles. The third-order valence-electron chi connectivity index (χ3n) is 3.88. The largest absolute Gasteiger partial charge is 0.383 e. The summed E-state index contributed by atoms with van der Waals surface area (Å²) in [5.41, 5.74) is 1.87. The molecule has 0 spiro atoms. The highest BCUT2D eigenvalue weighted by Crippen LogP contribution is 2.27. The molecule has 1 fully saturated rings. The van der Waals surface area contributed by atoms with Crippen LogP contribution in [0.1, 0.15) is 31.7 Å². The zero-order valence-corrected chi connectivity index (χ0v) is 11.6. The van der Waals surface area contributed by atoms with E-state index in [1.807, 2.05) is 12.1 Å². The lowest BCUT2D eigenvalue weighted by atomic mass is 10.1. The molecular weight excluding hydrogens is 242 g/mol. The molecular formula is C14H21N3O2. The van der Waals surface area contributed by atoms with Crippen molar-refractivity contribution in [3.05, 3.63) is 33.9 Å². The topological polar surface area (TPSA) is 58.4 Å². The zero-order valence-electron chi connectivity index (χ0n) is 11.6. The van der Waals surface area contributed by atoms with Gasteiger partial charge < -0.3 is 5.32 Å². The SMILES string of the molecule is CCC1CCCN1Cc1ccc([N+](=O)[O-])c(NC)c1.